The van der Waals surface area contributed by atoms with Gasteiger partial charge in [0.15, 0.2) is 0 Å². The number of hydrogen-bond donors (Lipinski definition) is 0. The van der Waals surface area contributed by atoms with Gasteiger partial charge in [-0.2, -0.15) is 5.26 Å². The maximum absolute atomic E-state index is 12.9. The number of thiazole rings is 1. The third-order valence-corrected chi connectivity index (χ3v) is 5.66. The molecule has 126 valence electrons. The van der Waals surface area contributed by atoms with Crippen LogP contribution in [0.1, 0.15) is 35.5 Å². The van der Waals surface area contributed by atoms with Crippen LogP contribution in [0.15, 0.2) is 47.2 Å². The Labute approximate surface area is 155 Å². The molecule has 2 heterocycles. The number of carbonyl (C=O) groups is 1. The molecule has 25 heavy (non-hydrogen) atoms. The number of carbonyl (C=O) groups excluding carboxylic acids is 1. The lowest BCUT2D eigenvalue weighted by atomic mass is 10.1. The minimum Gasteiger partial charge on any atom is -0.331 e. The molecule has 0 aliphatic carbocycles. The number of amides is 1. The molecule has 0 spiro atoms. The van der Waals surface area contributed by atoms with Crippen molar-refractivity contribution in [1.29, 1.82) is 5.26 Å². The molecule has 0 saturated heterocycles. The van der Waals surface area contributed by atoms with Gasteiger partial charge in [0, 0.05) is 18.0 Å². The van der Waals surface area contributed by atoms with Crippen LogP contribution < -0.4 is 0 Å². The summed E-state index contributed by atoms with van der Waals surface area (Å²) in [5.74, 6) is -0.0709. The van der Waals surface area contributed by atoms with Crippen LogP contribution in [0.3, 0.4) is 0 Å². The molecule has 3 rings (SSSR count). The maximum Gasteiger partial charge on any atom is 0.273 e. The Balaban J connectivity index is 1.80. The van der Waals surface area contributed by atoms with Crippen molar-refractivity contribution in [2.75, 3.05) is 0 Å². The summed E-state index contributed by atoms with van der Waals surface area (Å²) < 4.78 is 0. The predicted molar refractivity (Wildman–Crippen MR) is 102 cm³/mol. The van der Waals surface area contributed by atoms with Crippen LogP contribution in [-0.4, -0.2) is 21.8 Å². The van der Waals surface area contributed by atoms with E-state index >= 15 is 0 Å². The first-order valence-electron chi connectivity index (χ1n) is 7.88. The number of rotatable bonds is 5. The van der Waals surface area contributed by atoms with E-state index in [1.165, 1.54) is 11.3 Å². The fourth-order valence-electron chi connectivity index (χ4n) is 2.40. The third-order valence-electron chi connectivity index (χ3n) is 3.78. The fourth-order valence-corrected chi connectivity index (χ4v) is 4.01. The molecule has 0 saturated carbocycles. The van der Waals surface area contributed by atoms with Crippen molar-refractivity contribution in [1.82, 2.24) is 9.88 Å². The molecule has 1 amide bonds. The normalized spacial score (nSPS) is 10.6. The van der Waals surface area contributed by atoms with E-state index in [0.717, 1.165) is 15.4 Å². The second-order valence-electron chi connectivity index (χ2n) is 5.85. The van der Waals surface area contributed by atoms with Crippen molar-refractivity contribution in [3.05, 3.63) is 64.0 Å². The molecule has 0 aliphatic heterocycles. The van der Waals surface area contributed by atoms with Crippen LogP contribution in [0.4, 0.5) is 0 Å². The summed E-state index contributed by atoms with van der Waals surface area (Å²) in [5, 5.41) is 13.6. The monoisotopic (exact) mass is 367 g/mol. The van der Waals surface area contributed by atoms with E-state index < -0.39 is 0 Å². The van der Waals surface area contributed by atoms with Gasteiger partial charge < -0.3 is 4.90 Å². The summed E-state index contributed by atoms with van der Waals surface area (Å²) in [6.45, 7) is 4.48. The van der Waals surface area contributed by atoms with E-state index in [-0.39, 0.29) is 11.9 Å². The van der Waals surface area contributed by atoms with E-state index in [1.807, 2.05) is 48.9 Å². The van der Waals surface area contributed by atoms with Crippen molar-refractivity contribution in [2.45, 2.75) is 26.4 Å². The lowest BCUT2D eigenvalue weighted by Gasteiger charge is -2.26. The van der Waals surface area contributed by atoms with Gasteiger partial charge in [-0.15, -0.1) is 22.7 Å². The van der Waals surface area contributed by atoms with E-state index in [2.05, 4.69) is 11.1 Å². The molecule has 0 fully saturated rings. The number of aromatic nitrogens is 1. The first-order valence-corrected chi connectivity index (χ1v) is 9.64. The van der Waals surface area contributed by atoms with Crippen LogP contribution in [-0.2, 0) is 6.54 Å². The van der Waals surface area contributed by atoms with Gasteiger partial charge in [-0.25, -0.2) is 4.98 Å². The zero-order valence-electron chi connectivity index (χ0n) is 14.0. The molecule has 2 aromatic heterocycles. The molecule has 1 aromatic carbocycles. The Kier molecular flexibility index (Phi) is 5.27. The Morgan fingerprint density at radius 2 is 2.00 bits per heavy atom. The lowest BCUT2D eigenvalue weighted by Crippen LogP contribution is -2.36. The minimum atomic E-state index is -0.0709. The first-order chi connectivity index (χ1) is 12.1. The molecule has 3 aromatic rings. The smallest absolute Gasteiger partial charge is 0.273 e. The summed E-state index contributed by atoms with van der Waals surface area (Å²) in [7, 11) is 0. The van der Waals surface area contributed by atoms with Gasteiger partial charge >= 0.3 is 0 Å². The van der Waals surface area contributed by atoms with Crippen LogP contribution in [0, 0.1) is 11.3 Å². The third kappa shape index (κ3) is 3.95. The molecular formula is C19H17N3OS2. The van der Waals surface area contributed by atoms with Crippen molar-refractivity contribution >= 4 is 28.6 Å². The molecule has 0 bridgehead atoms. The topological polar surface area (TPSA) is 57.0 Å². The Morgan fingerprint density at radius 1 is 1.24 bits per heavy atom. The molecular weight excluding hydrogens is 350 g/mol. The van der Waals surface area contributed by atoms with E-state index in [1.54, 1.807) is 28.4 Å². The SMILES string of the molecule is CC(C)N(Cc1ccc(C#N)cc1)C(=O)c1csc(-c2cccs2)n1. The maximum atomic E-state index is 12.9. The standard InChI is InChI=1S/C19H17N3OS2/c1-13(2)22(11-15-7-5-14(10-20)6-8-15)19(23)16-12-25-18(21-16)17-4-3-9-24-17/h3-9,12-13H,11H2,1-2H3. The number of nitriles is 1. The number of nitrogens with zero attached hydrogens (tertiary/aromatic N) is 3. The minimum absolute atomic E-state index is 0.0510. The summed E-state index contributed by atoms with van der Waals surface area (Å²) in [5.41, 5.74) is 2.09. The number of thiophene rings is 1. The van der Waals surface area contributed by atoms with Crippen molar-refractivity contribution < 1.29 is 4.79 Å². The Bertz CT molecular complexity index is 890. The second-order valence-corrected chi connectivity index (χ2v) is 7.66. The van der Waals surface area contributed by atoms with Gasteiger partial charge in [-0.05, 0) is 43.0 Å². The highest BCUT2D eigenvalue weighted by Crippen LogP contribution is 2.28. The zero-order chi connectivity index (χ0) is 17.8. The van der Waals surface area contributed by atoms with Gasteiger partial charge in [0.2, 0.25) is 0 Å². The summed E-state index contributed by atoms with van der Waals surface area (Å²) >= 11 is 3.11. The van der Waals surface area contributed by atoms with Crippen LogP contribution in [0.5, 0.6) is 0 Å². The molecule has 6 heteroatoms. The van der Waals surface area contributed by atoms with Gasteiger partial charge in [-0.3, -0.25) is 4.79 Å². The second kappa shape index (κ2) is 7.60. The molecule has 0 N–H and O–H groups in total. The van der Waals surface area contributed by atoms with Crippen LogP contribution in [0.25, 0.3) is 9.88 Å². The van der Waals surface area contributed by atoms with E-state index in [9.17, 15) is 4.79 Å². The highest BCUT2D eigenvalue weighted by Gasteiger charge is 2.22. The predicted octanol–water partition coefficient (Wildman–Crippen LogP) is 4.79. The molecule has 0 atom stereocenters. The number of benzene rings is 1. The van der Waals surface area contributed by atoms with Crippen LogP contribution in [0.2, 0.25) is 0 Å². The summed E-state index contributed by atoms with van der Waals surface area (Å²) in [6, 6.07) is 13.5. The quantitative estimate of drug-likeness (QED) is 0.651. The van der Waals surface area contributed by atoms with Gasteiger partial charge in [0.05, 0.1) is 16.5 Å². The van der Waals surface area contributed by atoms with Crippen molar-refractivity contribution in [3.63, 3.8) is 0 Å². The van der Waals surface area contributed by atoms with E-state index in [4.69, 9.17) is 5.26 Å². The molecule has 0 unspecified atom stereocenters. The summed E-state index contributed by atoms with van der Waals surface area (Å²) in [6.07, 6.45) is 0. The lowest BCUT2D eigenvalue weighted by molar-refractivity contribution is 0.0685. The molecule has 0 aliphatic rings. The first kappa shape index (κ1) is 17.3. The van der Waals surface area contributed by atoms with Crippen molar-refractivity contribution in [3.8, 4) is 16.0 Å². The van der Waals surface area contributed by atoms with Crippen molar-refractivity contribution in [2.24, 2.45) is 0 Å². The Hall–Kier alpha value is -2.49. The largest absolute Gasteiger partial charge is 0.331 e. The van der Waals surface area contributed by atoms with Crippen LogP contribution >= 0.6 is 22.7 Å². The fraction of sp³-hybridized carbons (Fsp3) is 0.211. The number of hydrogen-bond acceptors (Lipinski definition) is 5. The average Bonchev–Trinajstić information content (AvgIpc) is 3.30. The van der Waals surface area contributed by atoms with Gasteiger partial charge in [0.1, 0.15) is 10.7 Å². The summed E-state index contributed by atoms with van der Waals surface area (Å²) in [4.78, 5) is 20.3. The highest BCUT2D eigenvalue weighted by molar-refractivity contribution is 7.20. The Morgan fingerprint density at radius 3 is 2.60 bits per heavy atom. The average molecular weight is 367 g/mol. The zero-order valence-corrected chi connectivity index (χ0v) is 15.6. The van der Waals surface area contributed by atoms with Gasteiger partial charge in [0.25, 0.3) is 5.91 Å². The molecule has 4 nitrogen and oxygen atoms in total. The molecule has 0 radical (unpaired) electrons. The highest BCUT2D eigenvalue weighted by atomic mass is 32.1. The van der Waals surface area contributed by atoms with E-state index in [0.29, 0.717) is 17.8 Å². The van der Waals surface area contributed by atoms with Gasteiger partial charge in [-0.1, -0.05) is 18.2 Å².